The maximum atomic E-state index is 10.8. The zero-order valence-electron chi connectivity index (χ0n) is 8.48. The third-order valence-electron chi connectivity index (χ3n) is 1.57. The standard InChI is InChI=1S/C7H10Cl4N2O2S2/c8-6(9)7(10,11)16-5-1-3-13(4-2-12)17(14)15/h6H,1,3-5H2,(H,14,15). The van der Waals surface area contributed by atoms with Crippen molar-refractivity contribution in [1.82, 2.24) is 4.31 Å². The van der Waals surface area contributed by atoms with Gasteiger partial charge in [0.1, 0.15) is 11.4 Å². The van der Waals surface area contributed by atoms with Crippen LogP contribution in [-0.2, 0) is 11.3 Å². The van der Waals surface area contributed by atoms with Crippen LogP contribution in [0.1, 0.15) is 6.42 Å². The predicted octanol–water partition coefficient (Wildman–Crippen LogP) is 3.01. The lowest BCUT2D eigenvalue weighted by Crippen LogP contribution is -2.28. The lowest BCUT2D eigenvalue weighted by Gasteiger charge is -2.20. The summed E-state index contributed by atoms with van der Waals surface area (Å²) in [5.41, 5.74) is 0. The van der Waals surface area contributed by atoms with Gasteiger partial charge in [0.15, 0.2) is 3.67 Å². The monoisotopic (exact) mass is 358 g/mol. The van der Waals surface area contributed by atoms with Crippen molar-refractivity contribution in [3.8, 4) is 6.07 Å². The Balaban J connectivity index is 3.91. The van der Waals surface area contributed by atoms with Crippen LogP contribution in [0.15, 0.2) is 0 Å². The first-order valence-electron chi connectivity index (χ1n) is 4.34. The topological polar surface area (TPSA) is 64.3 Å². The molecule has 0 amide bonds. The zero-order chi connectivity index (χ0) is 13.5. The lowest BCUT2D eigenvalue weighted by molar-refractivity contribution is 0.427. The van der Waals surface area contributed by atoms with Gasteiger partial charge in [0, 0.05) is 6.54 Å². The smallest absolute Gasteiger partial charge is 0.235 e. The summed E-state index contributed by atoms with van der Waals surface area (Å²) in [5, 5.41) is 8.42. The third kappa shape index (κ3) is 7.96. The number of rotatable bonds is 8. The molecule has 0 bridgehead atoms. The molecule has 100 valence electrons. The van der Waals surface area contributed by atoms with Gasteiger partial charge in [0.25, 0.3) is 0 Å². The van der Waals surface area contributed by atoms with E-state index in [1.807, 2.05) is 0 Å². The number of nitrogens with zero attached hydrogens (tertiary/aromatic N) is 2. The number of hydrogen-bond donors (Lipinski definition) is 1. The van der Waals surface area contributed by atoms with Gasteiger partial charge in [0.2, 0.25) is 11.3 Å². The van der Waals surface area contributed by atoms with Crippen LogP contribution in [0.4, 0.5) is 0 Å². The van der Waals surface area contributed by atoms with Crippen molar-refractivity contribution in [3.05, 3.63) is 0 Å². The highest BCUT2D eigenvalue weighted by Crippen LogP contribution is 2.42. The summed E-state index contributed by atoms with van der Waals surface area (Å²) in [6, 6.07) is 1.80. The molecule has 1 atom stereocenters. The lowest BCUT2D eigenvalue weighted by atomic mass is 10.5. The quantitative estimate of drug-likeness (QED) is 0.313. The normalized spacial score (nSPS) is 14.0. The molecule has 4 nitrogen and oxygen atoms in total. The fraction of sp³-hybridized carbons (Fsp3) is 0.857. The van der Waals surface area contributed by atoms with Crippen LogP contribution in [-0.4, -0.2) is 40.4 Å². The van der Waals surface area contributed by atoms with Gasteiger partial charge < -0.3 is 0 Å². The molecular weight excluding hydrogens is 350 g/mol. The Morgan fingerprint density at radius 2 is 2.12 bits per heavy atom. The summed E-state index contributed by atoms with van der Waals surface area (Å²) in [7, 11) is 0. The summed E-state index contributed by atoms with van der Waals surface area (Å²) in [6.07, 6.45) is 0.528. The highest BCUT2D eigenvalue weighted by molar-refractivity contribution is 8.03. The summed E-state index contributed by atoms with van der Waals surface area (Å²) in [6.45, 7) is 0.164. The summed E-state index contributed by atoms with van der Waals surface area (Å²) in [5.74, 6) is 0.502. The van der Waals surface area contributed by atoms with Crippen LogP contribution in [0.5, 0.6) is 0 Å². The molecule has 1 unspecified atom stereocenters. The number of alkyl halides is 4. The highest BCUT2D eigenvalue weighted by Gasteiger charge is 2.32. The fourth-order valence-electron chi connectivity index (χ4n) is 0.803. The van der Waals surface area contributed by atoms with Gasteiger partial charge in [-0.05, 0) is 12.2 Å². The van der Waals surface area contributed by atoms with Crippen LogP contribution in [0.2, 0.25) is 0 Å². The first kappa shape index (κ1) is 18.1. The number of nitriles is 1. The molecule has 0 aromatic rings. The Bertz CT molecular complexity index is 298. The van der Waals surface area contributed by atoms with Crippen molar-refractivity contribution in [3.63, 3.8) is 0 Å². The molecule has 17 heavy (non-hydrogen) atoms. The van der Waals surface area contributed by atoms with Crippen molar-refractivity contribution in [1.29, 1.82) is 5.26 Å². The molecule has 1 N–H and O–H groups in total. The van der Waals surface area contributed by atoms with Crippen molar-refractivity contribution >= 4 is 69.4 Å². The van der Waals surface area contributed by atoms with Gasteiger partial charge in [0.05, 0.1) is 6.07 Å². The van der Waals surface area contributed by atoms with Gasteiger partial charge in [-0.2, -0.15) is 9.57 Å². The molecule has 0 rings (SSSR count). The van der Waals surface area contributed by atoms with Crippen LogP contribution in [0.25, 0.3) is 0 Å². The minimum atomic E-state index is -2.15. The van der Waals surface area contributed by atoms with Gasteiger partial charge in [-0.3, -0.25) is 4.55 Å². The largest absolute Gasteiger partial charge is 0.294 e. The van der Waals surface area contributed by atoms with E-state index in [1.165, 1.54) is 0 Å². The average Bonchev–Trinajstić information content (AvgIpc) is 2.22. The molecule has 0 spiro atoms. The van der Waals surface area contributed by atoms with Crippen LogP contribution < -0.4 is 0 Å². The van der Waals surface area contributed by atoms with Crippen molar-refractivity contribution < 1.29 is 8.76 Å². The second kappa shape index (κ2) is 9.05. The van der Waals surface area contributed by atoms with E-state index >= 15 is 0 Å². The number of hydrogen-bond acceptors (Lipinski definition) is 3. The van der Waals surface area contributed by atoms with E-state index in [0.29, 0.717) is 12.2 Å². The molecule has 0 fully saturated rings. The Morgan fingerprint density at radius 1 is 1.53 bits per heavy atom. The second-order valence-electron chi connectivity index (χ2n) is 2.82. The van der Waals surface area contributed by atoms with Crippen molar-refractivity contribution in [2.24, 2.45) is 0 Å². The van der Waals surface area contributed by atoms with E-state index in [2.05, 4.69) is 0 Å². The zero-order valence-corrected chi connectivity index (χ0v) is 13.1. The van der Waals surface area contributed by atoms with E-state index < -0.39 is 19.8 Å². The minimum Gasteiger partial charge on any atom is -0.294 e. The maximum Gasteiger partial charge on any atom is 0.235 e. The molecule has 0 heterocycles. The fourth-order valence-corrected chi connectivity index (χ4v) is 2.77. The van der Waals surface area contributed by atoms with Gasteiger partial charge in [-0.15, -0.1) is 35.0 Å². The van der Waals surface area contributed by atoms with Crippen LogP contribution in [0.3, 0.4) is 0 Å². The van der Waals surface area contributed by atoms with E-state index in [9.17, 15) is 4.21 Å². The first-order chi connectivity index (χ1) is 7.81. The van der Waals surface area contributed by atoms with Crippen LogP contribution >= 0.6 is 58.2 Å². The molecule has 0 radical (unpaired) electrons. The summed E-state index contributed by atoms with van der Waals surface area (Å²) >= 11 is 21.7. The highest BCUT2D eigenvalue weighted by atomic mass is 35.5. The molecule has 10 heteroatoms. The Hall–Kier alpha value is 1.07. The van der Waals surface area contributed by atoms with E-state index in [4.69, 9.17) is 56.2 Å². The minimum absolute atomic E-state index is 0.117. The van der Waals surface area contributed by atoms with Crippen molar-refractivity contribution in [2.45, 2.75) is 14.9 Å². The molecule has 0 aliphatic rings. The second-order valence-corrected chi connectivity index (χ2v) is 8.07. The summed E-state index contributed by atoms with van der Waals surface area (Å²) < 4.78 is 19.4. The number of halogens is 4. The van der Waals surface area contributed by atoms with E-state index in [1.54, 1.807) is 6.07 Å². The van der Waals surface area contributed by atoms with E-state index in [-0.39, 0.29) is 13.1 Å². The summed E-state index contributed by atoms with van der Waals surface area (Å²) in [4.78, 5) is -0.932. The Morgan fingerprint density at radius 3 is 2.53 bits per heavy atom. The first-order valence-corrected chi connectivity index (χ1v) is 8.02. The van der Waals surface area contributed by atoms with Gasteiger partial charge in [-0.1, -0.05) is 23.2 Å². The van der Waals surface area contributed by atoms with Crippen LogP contribution in [0, 0.1) is 11.3 Å². The number of thioether (sulfide) groups is 1. The molecule has 0 aliphatic heterocycles. The SMILES string of the molecule is N#CCN(CCCSC(Cl)(Cl)C(Cl)Cl)S(=O)O. The van der Waals surface area contributed by atoms with Crippen molar-refractivity contribution in [2.75, 3.05) is 18.8 Å². The Labute approximate surface area is 127 Å². The average molecular weight is 360 g/mol. The van der Waals surface area contributed by atoms with Gasteiger partial charge >= 0.3 is 0 Å². The Kier molecular flexibility index (Phi) is 9.62. The molecule has 0 saturated heterocycles. The molecule has 0 saturated carbocycles. The van der Waals surface area contributed by atoms with Gasteiger partial charge in [-0.25, -0.2) is 4.21 Å². The molecular formula is C7H10Cl4N2O2S2. The predicted molar refractivity (Wildman–Crippen MR) is 75.0 cm³/mol. The molecule has 0 aromatic carbocycles. The van der Waals surface area contributed by atoms with E-state index in [0.717, 1.165) is 16.1 Å². The third-order valence-corrected chi connectivity index (χ3v) is 5.89. The molecule has 0 aliphatic carbocycles. The molecule has 0 aromatic heterocycles. The maximum absolute atomic E-state index is 10.8.